The average Bonchev–Trinajstić information content (AvgIpc) is 2.15. The summed E-state index contributed by atoms with van der Waals surface area (Å²) in [6.45, 7) is 5.67. The number of nitrogens with one attached hydrogen (secondary N) is 1. The molecule has 0 aliphatic heterocycles. The number of hydrogen-bond donors (Lipinski definition) is 1. The average molecular weight is 315 g/mol. The van der Waals surface area contributed by atoms with Gasteiger partial charge in [-0.3, -0.25) is 0 Å². The second-order valence-electron chi connectivity index (χ2n) is 5.76. The third kappa shape index (κ3) is 3.82. The Morgan fingerprint density at radius 3 is 2.05 bits per heavy atom. The fourth-order valence-corrected chi connectivity index (χ4v) is 3.62. The third-order valence-electron chi connectivity index (χ3n) is 2.65. The van der Waals surface area contributed by atoms with Crippen LogP contribution in [0.4, 0.5) is 17.6 Å². The Labute approximate surface area is 115 Å². The molecule has 1 aliphatic rings. The Kier molecular flexibility index (Phi) is 4.41. The van der Waals surface area contributed by atoms with Gasteiger partial charge in [-0.25, -0.2) is 17.5 Å². The van der Waals surface area contributed by atoms with E-state index >= 15 is 0 Å². The molecule has 0 radical (unpaired) electrons. The highest BCUT2D eigenvalue weighted by Gasteiger charge is 2.52. The minimum absolute atomic E-state index is 0.151. The largest absolute Gasteiger partial charge is 0.399 e. The summed E-state index contributed by atoms with van der Waals surface area (Å²) in [5, 5.41) is 0. The van der Waals surface area contributed by atoms with Crippen LogP contribution in [0.15, 0.2) is 22.6 Å². The summed E-state index contributed by atoms with van der Waals surface area (Å²) in [6, 6.07) is 0. The number of sulfonamides is 1. The topological polar surface area (TPSA) is 46.2 Å². The molecule has 0 saturated carbocycles. The van der Waals surface area contributed by atoms with Crippen molar-refractivity contribution >= 4 is 10.0 Å². The molecule has 1 N–H and O–H groups in total. The molecule has 20 heavy (non-hydrogen) atoms. The summed E-state index contributed by atoms with van der Waals surface area (Å²) >= 11 is 0. The lowest BCUT2D eigenvalue weighted by molar-refractivity contribution is -0.174. The number of rotatable bonds is 2. The Hall–Kier alpha value is -0.890. The maximum atomic E-state index is 13.8. The van der Waals surface area contributed by atoms with Gasteiger partial charge in [0.1, 0.15) is 12.1 Å². The van der Waals surface area contributed by atoms with Crippen molar-refractivity contribution in [3.63, 3.8) is 0 Å². The normalized spacial score (nSPS) is 25.2. The Balaban J connectivity index is 3.33. The van der Waals surface area contributed by atoms with E-state index in [1.54, 1.807) is 0 Å². The maximum Gasteiger partial charge on any atom is 0.399 e. The van der Waals surface area contributed by atoms with Crippen molar-refractivity contribution in [2.45, 2.75) is 45.6 Å². The Bertz CT molecular complexity index is 541. The molecular weight excluding hydrogens is 298 g/mol. The van der Waals surface area contributed by atoms with E-state index in [9.17, 15) is 26.0 Å². The van der Waals surface area contributed by atoms with Crippen molar-refractivity contribution < 1.29 is 26.0 Å². The lowest BCUT2D eigenvalue weighted by atomic mass is 9.92. The molecule has 2 unspecified atom stereocenters. The molecule has 0 aromatic rings. The van der Waals surface area contributed by atoms with E-state index in [1.807, 2.05) is 0 Å². The van der Waals surface area contributed by atoms with E-state index in [0.717, 1.165) is 12.2 Å². The third-order valence-corrected chi connectivity index (χ3v) is 4.54. The van der Waals surface area contributed by atoms with Crippen LogP contribution in [0.2, 0.25) is 0 Å². The first kappa shape index (κ1) is 17.2. The summed E-state index contributed by atoms with van der Waals surface area (Å²) in [5.41, 5.74) is -1.11. The summed E-state index contributed by atoms with van der Waals surface area (Å²) in [6.07, 6.45) is -5.50. The van der Waals surface area contributed by atoms with Crippen LogP contribution < -0.4 is 4.72 Å². The van der Waals surface area contributed by atoms with Crippen LogP contribution in [0.5, 0.6) is 0 Å². The zero-order valence-electron chi connectivity index (χ0n) is 11.5. The minimum atomic E-state index is -4.98. The molecule has 116 valence electrons. The van der Waals surface area contributed by atoms with Crippen LogP contribution in [0.3, 0.4) is 0 Å². The van der Waals surface area contributed by atoms with E-state index in [-0.39, 0.29) is 5.57 Å². The molecule has 0 heterocycles. The number of halogens is 4. The molecule has 0 amide bonds. The van der Waals surface area contributed by atoms with Crippen molar-refractivity contribution in [3.8, 4) is 0 Å². The molecule has 0 saturated heterocycles. The van der Waals surface area contributed by atoms with E-state index in [2.05, 4.69) is 4.72 Å². The SMILES string of the molecule is CC1=CC=C(S(=O)(=O)NC(C)(C)C)C(C(F)(F)F)C1F. The van der Waals surface area contributed by atoms with Crippen LogP contribution in [0.1, 0.15) is 27.7 Å². The lowest BCUT2D eigenvalue weighted by Crippen LogP contribution is -2.46. The minimum Gasteiger partial charge on any atom is -0.242 e. The summed E-state index contributed by atoms with van der Waals surface area (Å²) in [5.74, 6) is -2.67. The molecule has 1 aliphatic carbocycles. The Morgan fingerprint density at radius 2 is 1.65 bits per heavy atom. The maximum absolute atomic E-state index is 13.8. The van der Waals surface area contributed by atoms with Crippen molar-refractivity contribution in [2.75, 3.05) is 0 Å². The highest BCUT2D eigenvalue weighted by atomic mass is 32.2. The van der Waals surface area contributed by atoms with E-state index < -0.39 is 38.7 Å². The van der Waals surface area contributed by atoms with Crippen molar-refractivity contribution in [3.05, 3.63) is 22.6 Å². The van der Waals surface area contributed by atoms with Gasteiger partial charge in [0.15, 0.2) is 0 Å². The number of alkyl halides is 4. The molecular formula is C12H17F4NO2S. The second kappa shape index (κ2) is 5.14. The monoisotopic (exact) mass is 315 g/mol. The summed E-state index contributed by atoms with van der Waals surface area (Å²) < 4.78 is 78.9. The predicted molar refractivity (Wildman–Crippen MR) is 68.1 cm³/mol. The Morgan fingerprint density at radius 1 is 1.15 bits per heavy atom. The molecule has 3 nitrogen and oxygen atoms in total. The fourth-order valence-electron chi connectivity index (χ4n) is 1.86. The zero-order valence-corrected chi connectivity index (χ0v) is 12.4. The van der Waals surface area contributed by atoms with Crippen LogP contribution in [-0.4, -0.2) is 26.3 Å². The number of allylic oxidation sites excluding steroid dienone is 4. The first-order chi connectivity index (χ1) is 8.76. The first-order valence-electron chi connectivity index (χ1n) is 5.89. The molecule has 0 aromatic heterocycles. The number of hydrogen-bond acceptors (Lipinski definition) is 2. The molecule has 2 atom stereocenters. The molecule has 0 aromatic carbocycles. The quantitative estimate of drug-likeness (QED) is 0.796. The highest BCUT2D eigenvalue weighted by molar-refractivity contribution is 7.93. The highest BCUT2D eigenvalue weighted by Crippen LogP contribution is 2.42. The van der Waals surface area contributed by atoms with Gasteiger partial charge in [0.25, 0.3) is 0 Å². The molecule has 0 spiro atoms. The predicted octanol–water partition coefficient (Wildman–Crippen LogP) is 3.06. The van der Waals surface area contributed by atoms with Crippen molar-refractivity contribution in [1.29, 1.82) is 0 Å². The smallest absolute Gasteiger partial charge is 0.242 e. The van der Waals surface area contributed by atoms with Gasteiger partial charge in [-0.1, -0.05) is 6.08 Å². The van der Waals surface area contributed by atoms with Gasteiger partial charge in [0.05, 0.1) is 4.91 Å². The van der Waals surface area contributed by atoms with Crippen molar-refractivity contribution in [2.24, 2.45) is 5.92 Å². The molecule has 0 bridgehead atoms. The summed E-state index contributed by atoms with van der Waals surface area (Å²) in [7, 11) is -4.42. The van der Waals surface area contributed by atoms with Gasteiger partial charge < -0.3 is 0 Å². The standard InChI is InChI=1S/C12H17F4NO2S/c1-7-5-6-8(9(10(7)13)12(14,15)16)20(18,19)17-11(2,3)4/h5-6,9-10,17H,1-4H3. The zero-order chi connectivity index (χ0) is 15.9. The van der Waals surface area contributed by atoms with Gasteiger partial charge in [0, 0.05) is 5.54 Å². The van der Waals surface area contributed by atoms with Gasteiger partial charge in [-0.2, -0.15) is 13.2 Å². The van der Waals surface area contributed by atoms with Gasteiger partial charge in [0.2, 0.25) is 10.0 Å². The van der Waals surface area contributed by atoms with Crippen LogP contribution in [-0.2, 0) is 10.0 Å². The van der Waals surface area contributed by atoms with Gasteiger partial charge >= 0.3 is 6.18 Å². The fraction of sp³-hybridized carbons (Fsp3) is 0.667. The van der Waals surface area contributed by atoms with E-state index in [0.29, 0.717) is 0 Å². The van der Waals surface area contributed by atoms with Crippen LogP contribution in [0.25, 0.3) is 0 Å². The van der Waals surface area contributed by atoms with Crippen LogP contribution in [0, 0.1) is 5.92 Å². The van der Waals surface area contributed by atoms with Crippen molar-refractivity contribution in [1.82, 2.24) is 4.72 Å². The molecule has 0 fully saturated rings. The lowest BCUT2D eigenvalue weighted by Gasteiger charge is -2.31. The van der Waals surface area contributed by atoms with E-state index in [1.165, 1.54) is 27.7 Å². The van der Waals surface area contributed by atoms with Gasteiger partial charge in [-0.05, 0) is 39.3 Å². The molecule has 8 heteroatoms. The van der Waals surface area contributed by atoms with E-state index in [4.69, 9.17) is 0 Å². The second-order valence-corrected chi connectivity index (χ2v) is 7.44. The van der Waals surface area contributed by atoms with Crippen LogP contribution >= 0.6 is 0 Å². The summed E-state index contributed by atoms with van der Waals surface area (Å²) in [4.78, 5) is -0.988. The van der Waals surface area contributed by atoms with Gasteiger partial charge in [-0.15, -0.1) is 0 Å². The molecule has 1 rings (SSSR count). The first-order valence-corrected chi connectivity index (χ1v) is 7.37.